The van der Waals surface area contributed by atoms with Crippen molar-refractivity contribution in [2.75, 3.05) is 68.8 Å². The number of ether oxygens (including phenoxy) is 2. The summed E-state index contributed by atoms with van der Waals surface area (Å²) in [5, 5.41) is 0. The highest BCUT2D eigenvalue weighted by atomic mass is 35.5. The predicted octanol–water partition coefficient (Wildman–Crippen LogP) is 5.71. The van der Waals surface area contributed by atoms with Gasteiger partial charge in [0.05, 0.1) is 12.2 Å². The number of benzene rings is 1. The Bertz CT molecular complexity index is 844. The molecule has 1 spiro atoms. The van der Waals surface area contributed by atoms with Gasteiger partial charge in [-0.1, -0.05) is 0 Å². The minimum atomic E-state index is 0. The second-order valence-corrected chi connectivity index (χ2v) is 12.5. The van der Waals surface area contributed by atoms with E-state index in [0.29, 0.717) is 12.2 Å². The predicted molar refractivity (Wildman–Crippen MR) is 151 cm³/mol. The molecule has 202 valence electrons. The van der Waals surface area contributed by atoms with Crippen LogP contribution in [0.5, 0.6) is 0 Å². The SMILES string of the molecule is CC1CN(c2ccc(N3CCN(CC4CCOCC4)CC3)c(C3CCC4(CC3)CC4)c2)CC(C)O1.Cl. The van der Waals surface area contributed by atoms with Gasteiger partial charge in [0, 0.05) is 70.4 Å². The first-order valence-corrected chi connectivity index (χ1v) is 14.7. The van der Waals surface area contributed by atoms with E-state index in [-0.39, 0.29) is 12.4 Å². The third-order valence-corrected chi connectivity index (χ3v) is 9.81. The van der Waals surface area contributed by atoms with E-state index in [1.165, 1.54) is 82.4 Å². The van der Waals surface area contributed by atoms with Crippen molar-refractivity contribution in [3.8, 4) is 0 Å². The van der Waals surface area contributed by atoms with E-state index < -0.39 is 0 Å². The fourth-order valence-electron chi connectivity index (χ4n) is 7.43. The number of anilines is 2. The summed E-state index contributed by atoms with van der Waals surface area (Å²) in [5.74, 6) is 1.56. The van der Waals surface area contributed by atoms with Gasteiger partial charge in [0.15, 0.2) is 0 Å². The number of piperazine rings is 1. The number of halogens is 1. The van der Waals surface area contributed by atoms with E-state index in [2.05, 4.69) is 46.7 Å². The summed E-state index contributed by atoms with van der Waals surface area (Å²) >= 11 is 0. The molecular formula is C30H48ClN3O2. The molecule has 5 nitrogen and oxygen atoms in total. The summed E-state index contributed by atoms with van der Waals surface area (Å²) in [6, 6.07) is 7.47. The summed E-state index contributed by atoms with van der Waals surface area (Å²) < 4.78 is 11.6. The second kappa shape index (κ2) is 11.4. The maximum Gasteiger partial charge on any atom is 0.0726 e. The Morgan fingerprint density at radius 1 is 0.833 bits per heavy atom. The number of nitrogens with zero attached hydrogens (tertiary/aromatic N) is 3. The monoisotopic (exact) mass is 517 g/mol. The molecule has 5 fully saturated rings. The summed E-state index contributed by atoms with van der Waals surface area (Å²) in [7, 11) is 0. The first kappa shape index (κ1) is 26.6. The standard InChI is InChI=1S/C30H47N3O2.ClH/c1-23-20-33(21-24(2)35-23)27-3-4-29(28(19-27)26-5-9-30(10-6-26)11-12-30)32-15-13-31(14-16-32)22-25-7-17-34-18-8-25;/h3-4,19,23-26H,5-18,20-22H2,1-2H3;1H. The Morgan fingerprint density at radius 2 is 1.50 bits per heavy atom. The topological polar surface area (TPSA) is 28.2 Å². The largest absolute Gasteiger partial charge is 0.381 e. The van der Waals surface area contributed by atoms with Crippen molar-refractivity contribution >= 4 is 23.8 Å². The molecule has 0 bridgehead atoms. The van der Waals surface area contributed by atoms with Crippen LogP contribution in [0.15, 0.2) is 18.2 Å². The van der Waals surface area contributed by atoms with E-state index in [1.807, 2.05) is 0 Å². The van der Waals surface area contributed by atoms with Gasteiger partial charge in [-0.15, -0.1) is 12.4 Å². The molecule has 2 unspecified atom stereocenters. The van der Waals surface area contributed by atoms with Crippen LogP contribution in [0.3, 0.4) is 0 Å². The number of rotatable bonds is 5. The van der Waals surface area contributed by atoms with E-state index in [0.717, 1.165) is 56.6 Å². The molecule has 1 aromatic carbocycles. The Balaban J connectivity index is 0.00000267. The van der Waals surface area contributed by atoms with Crippen LogP contribution in [-0.4, -0.2) is 76.1 Å². The lowest BCUT2D eigenvalue weighted by molar-refractivity contribution is -0.00522. The van der Waals surface area contributed by atoms with Crippen LogP contribution in [0.25, 0.3) is 0 Å². The molecule has 2 aliphatic carbocycles. The average Bonchev–Trinajstić information content (AvgIpc) is 3.63. The lowest BCUT2D eigenvalue weighted by atomic mass is 9.76. The van der Waals surface area contributed by atoms with Crippen molar-refractivity contribution in [2.24, 2.45) is 11.3 Å². The highest BCUT2D eigenvalue weighted by Gasteiger charge is 2.45. The summed E-state index contributed by atoms with van der Waals surface area (Å²) in [5.41, 5.74) is 5.34. The quantitative estimate of drug-likeness (QED) is 0.499. The van der Waals surface area contributed by atoms with Gasteiger partial charge in [-0.05, 0) is 106 Å². The van der Waals surface area contributed by atoms with Gasteiger partial charge in [-0.2, -0.15) is 0 Å². The fraction of sp³-hybridized carbons (Fsp3) is 0.800. The van der Waals surface area contributed by atoms with Gasteiger partial charge < -0.3 is 19.3 Å². The minimum Gasteiger partial charge on any atom is -0.381 e. The maximum atomic E-state index is 6.04. The van der Waals surface area contributed by atoms with Crippen molar-refractivity contribution in [3.63, 3.8) is 0 Å². The third kappa shape index (κ3) is 6.00. The minimum absolute atomic E-state index is 0. The molecule has 3 saturated heterocycles. The van der Waals surface area contributed by atoms with E-state index in [1.54, 1.807) is 5.56 Å². The van der Waals surface area contributed by atoms with Crippen molar-refractivity contribution in [3.05, 3.63) is 23.8 Å². The summed E-state index contributed by atoms with van der Waals surface area (Å²) in [6.45, 7) is 14.4. The van der Waals surface area contributed by atoms with Gasteiger partial charge in [0.1, 0.15) is 0 Å². The first-order valence-electron chi connectivity index (χ1n) is 14.7. The molecule has 0 radical (unpaired) electrons. The van der Waals surface area contributed by atoms with Crippen LogP contribution in [0.1, 0.15) is 76.7 Å². The molecule has 5 aliphatic rings. The second-order valence-electron chi connectivity index (χ2n) is 12.5. The molecule has 3 aliphatic heterocycles. The highest BCUT2D eigenvalue weighted by molar-refractivity contribution is 5.85. The van der Waals surface area contributed by atoms with Crippen LogP contribution in [0.2, 0.25) is 0 Å². The van der Waals surface area contributed by atoms with Crippen molar-refractivity contribution in [1.29, 1.82) is 0 Å². The van der Waals surface area contributed by atoms with Crippen molar-refractivity contribution in [2.45, 2.75) is 83.3 Å². The van der Waals surface area contributed by atoms with Crippen LogP contribution < -0.4 is 9.80 Å². The Morgan fingerprint density at radius 3 is 2.14 bits per heavy atom. The molecule has 3 heterocycles. The van der Waals surface area contributed by atoms with E-state index in [9.17, 15) is 0 Å². The molecule has 0 N–H and O–H groups in total. The molecule has 2 atom stereocenters. The smallest absolute Gasteiger partial charge is 0.0726 e. The Labute approximate surface area is 225 Å². The average molecular weight is 518 g/mol. The fourth-order valence-corrected chi connectivity index (χ4v) is 7.43. The zero-order valence-corrected chi connectivity index (χ0v) is 23.4. The van der Waals surface area contributed by atoms with Crippen LogP contribution in [0, 0.1) is 11.3 Å². The lowest BCUT2D eigenvalue weighted by Crippen LogP contribution is -2.48. The third-order valence-electron chi connectivity index (χ3n) is 9.81. The van der Waals surface area contributed by atoms with Crippen LogP contribution in [0.4, 0.5) is 11.4 Å². The molecule has 6 rings (SSSR count). The van der Waals surface area contributed by atoms with Gasteiger partial charge in [-0.25, -0.2) is 0 Å². The van der Waals surface area contributed by atoms with Gasteiger partial charge in [0.2, 0.25) is 0 Å². The summed E-state index contributed by atoms with van der Waals surface area (Å²) in [4.78, 5) is 8.00. The van der Waals surface area contributed by atoms with Gasteiger partial charge in [-0.3, -0.25) is 4.90 Å². The molecular weight excluding hydrogens is 470 g/mol. The Kier molecular flexibility index (Phi) is 8.41. The lowest BCUT2D eigenvalue weighted by Gasteiger charge is -2.41. The first-order chi connectivity index (χ1) is 17.1. The van der Waals surface area contributed by atoms with Gasteiger partial charge >= 0.3 is 0 Å². The van der Waals surface area contributed by atoms with Crippen LogP contribution in [-0.2, 0) is 9.47 Å². The molecule has 6 heteroatoms. The molecule has 0 amide bonds. The maximum absolute atomic E-state index is 6.04. The normalized spacial score (nSPS) is 29.8. The number of hydrogen-bond acceptors (Lipinski definition) is 5. The molecule has 36 heavy (non-hydrogen) atoms. The zero-order valence-electron chi connectivity index (χ0n) is 22.6. The molecule has 2 saturated carbocycles. The zero-order chi connectivity index (χ0) is 23.8. The van der Waals surface area contributed by atoms with E-state index >= 15 is 0 Å². The number of hydrogen-bond donors (Lipinski definition) is 0. The molecule has 1 aromatic rings. The molecule has 0 aromatic heterocycles. The highest BCUT2D eigenvalue weighted by Crippen LogP contribution is 2.59. The summed E-state index contributed by atoms with van der Waals surface area (Å²) in [6.07, 6.45) is 11.7. The van der Waals surface area contributed by atoms with E-state index in [4.69, 9.17) is 9.47 Å². The van der Waals surface area contributed by atoms with Crippen molar-refractivity contribution < 1.29 is 9.47 Å². The van der Waals surface area contributed by atoms with Crippen LogP contribution >= 0.6 is 12.4 Å². The Hall–Kier alpha value is -1.01. The van der Waals surface area contributed by atoms with Crippen molar-refractivity contribution in [1.82, 2.24) is 4.90 Å². The number of morpholine rings is 1. The van der Waals surface area contributed by atoms with Gasteiger partial charge in [0.25, 0.3) is 0 Å².